The average molecular weight is 243 g/mol. The second-order valence-corrected chi connectivity index (χ2v) is 4.98. The van der Waals surface area contributed by atoms with Crippen molar-refractivity contribution in [3.05, 3.63) is 0 Å². The molecule has 0 aromatic rings. The third kappa shape index (κ3) is 3.03. The highest BCUT2D eigenvalue weighted by Gasteiger charge is 2.43. The first kappa shape index (κ1) is 13.6. The van der Waals surface area contributed by atoms with Gasteiger partial charge in [-0.25, -0.2) is 4.79 Å². The molecular formula is C11H17NO5. The lowest BCUT2D eigenvalue weighted by Crippen LogP contribution is -2.55. The molecule has 1 N–H and O–H groups in total. The first-order valence-corrected chi connectivity index (χ1v) is 5.35. The molecule has 1 unspecified atom stereocenters. The Bertz CT molecular complexity index is 330. The van der Waals surface area contributed by atoms with Gasteiger partial charge in [0, 0.05) is 20.0 Å². The van der Waals surface area contributed by atoms with Crippen LogP contribution >= 0.6 is 0 Å². The standard InChI is InChI=1S/C11H17NO5/c1-11(2)4-8(13)12(9(14)5-11)7(6-17-3)10(15)16/h7H,4-6H2,1-3H3,(H,15,16). The number of carbonyl (C=O) groups is 3. The van der Waals surface area contributed by atoms with E-state index in [0.717, 1.165) is 4.90 Å². The van der Waals surface area contributed by atoms with E-state index in [0.29, 0.717) is 0 Å². The predicted molar refractivity (Wildman–Crippen MR) is 58.2 cm³/mol. The normalized spacial score (nSPS) is 21.5. The van der Waals surface area contributed by atoms with Crippen molar-refractivity contribution in [3.8, 4) is 0 Å². The Labute approximate surface area is 99.5 Å². The Morgan fingerprint density at radius 3 is 2.24 bits per heavy atom. The molecule has 1 rings (SSSR count). The van der Waals surface area contributed by atoms with Crippen molar-refractivity contribution < 1.29 is 24.2 Å². The minimum atomic E-state index is -1.23. The topological polar surface area (TPSA) is 83.9 Å². The third-order valence-corrected chi connectivity index (χ3v) is 2.72. The van der Waals surface area contributed by atoms with Gasteiger partial charge in [-0.05, 0) is 5.41 Å². The average Bonchev–Trinajstić information content (AvgIpc) is 2.12. The molecule has 2 amide bonds. The number of hydrogen-bond acceptors (Lipinski definition) is 4. The van der Waals surface area contributed by atoms with Gasteiger partial charge in [0.1, 0.15) is 0 Å². The minimum absolute atomic E-state index is 0.173. The lowest BCUT2D eigenvalue weighted by Gasteiger charge is -2.37. The quantitative estimate of drug-likeness (QED) is 0.716. The summed E-state index contributed by atoms with van der Waals surface area (Å²) >= 11 is 0. The number of ether oxygens (including phenoxy) is 1. The number of amides is 2. The van der Waals surface area contributed by atoms with Crippen LogP contribution in [-0.2, 0) is 19.1 Å². The van der Waals surface area contributed by atoms with Gasteiger partial charge in [0.2, 0.25) is 11.8 Å². The fraction of sp³-hybridized carbons (Fsp3) is 0.727. The first-order chi connectivity index (χ1) is 7.78. The highest BCUT2D eigenvalue weighted by molar-refractivity contribution is 6.01. The van der Waals surface area contributed by atoms with Crippen molar-refractivity contribution in [1.29, 1.82) is 0 Å². The zero-order valence-electron chi connectivity index (χ0n) is 10.2. The molecule has 96 valence electrons. The van der Waals surface area contributed by atoms with E-state index in [1.807, 2.05) is 13.8 Å². The number of carboxylic acid groups (broad SMARTS) is 1. The summed E-state index contributed by atoms with van der Waals surface area (Å²) in [4.78, 5) is 35.5. The zero-order chi connectivity index (χ0) is 13.2. The first-order valence-electron chi connectivity index (χ1n) is 5.35. The van der Waals surface area contributed by atoms with Crippen molar-refractivity contribution >= 4 is 17.8 Å². The Balaban J connectivity index is 2.92. The minimum Gasteiger partial charge on any atom is -0.480 e. The molecule has 6 heteroatoms. The Kier molecular flexibility index (Phi) is 3.87. The van der Waals surface area contributed by atoms with Gasteiger partial charge >= 0.3 is 5.97 Å². The van der Waals surface area contributed by atoms with Crippen LogP contribution in [0, 0.1) is 5.41 Å². The van der Waals surface area contributed by atoms with Crippen molar-refractivity contribution in [2.45, 2.75) is 32.7 Å². The number of aliphatic carboxylic acids is 1. The number of rotatable bonds is 4. The molecule has 0 aromatic carbocycles. The molecule has 0 bridgehead atoms. The van der Waals surface area contributed by atoms with E-state index >= 15 is 0 Å². The molecule has 0 aliphatic carbocycles. The van der Waals surface area contributed by atoms with E-state index in [9.17, 15) is 14.4 Å². The van der Waals surface area contributed by atoms with E-state index in [1.165, 1.54) is 7.11 Å². The maximum absolute atomic E-state index is 11.8. The maximum Gasteiger partial charge on any atom is 0.329 e. The summed E-state index contributed by atoms with van der Waals surface area (Å²) < 4.78 is 4.74. The zero-order valence-corrected chi connectivity index (χ0v) is 10.2. The molecule has 1 heterocycles. The van der Waals surface area contributed by atoms with Gasteiger partial charge in [0.05, 0.1) is 6.61 Å². The highest BCUT2D eigenvalue weighted by Crippen LogP contribution is 2.32. The van der Waals surface area contributed by atoms with Crippen LogP contribution in [0.5, 0.6) is 0 Å². The molecule has 1 atom stereocenters. The Morgan fingerprint density at radius 2 is 1.88 bits per heavy atom. The highest BCUT2D eigenvalue weighted by atomic mass is 16.5. The van der Waals surface area contributed by atoms with Crippen LogP contribution in [-0.4, -0.2) is 47.5 Å². The monoisotopic (exact) mass is 243 g/mol. The second kappa shape index (κ2) is 4.83. The number of carboxylic acids is 1. The van der Waals surface area contributed by atoms with Crippen LogP contribution in [0.2, 0.25) is 0 Å². The molecule has 1 fully saturated rings. The van der Waals surface area contributed by atoms with Crippen LogP contribution in [0.15, 0.2) is 0 Å². The van der Waals surface area contributed by atoms with Gasteiger partial charge in [-0.3, -0.25) is 14.5 Å². The van der Waals surface area contributed by atoms with Gasteiger partial charge < -0.3 is 9.84 Å². The molecule has 0 spiro atoms. The van der Waals surface area contributed by atoms with Gasteiger partial charge in [-0.1, -0.05) is 13.8 Å². The predicted octanol–water partition coefficient (Wildman–Crippen LogP) is 0.261. The SMILES string of the molecule is COCC(C(=O)O)N1C(=O)CC(C)(C)CC1=O. The molecule has 1 aliphatic heterocycles. The van der Waals surface area contributed by atoms with Crippen LogP contribution in [0.4, 0.5) is 0 Å². The number of likely N-dealkylation sites (tertiary alicyclic amines) is 1. The van der Waals surface area contributed by atoms with E-state index in [2.05, 4.69) is 0 Å². The molecule has 17 heavy (non-hydrogen) atoms. The van der Waals surface area contributed by atoms with Crippen molar-refractivity contribution in [2.75, 3.05) is 13.7 Å². The Hall–Kier alpha value is -1.43. The fourth-order valence-corrected chi connectivity index (χ4v) is 1.95. The van der Waals surface area contributed by atoms with Crippen LogP contribution < -0.4 is 0 Å². The summed E-state index contributed by atoms with van der Waals surface area (Å²) in [7, 11) is 1.33. The van der Waals surface area contributed by atoms with Gasteiger partial charge in [0.15, 0.2) is 6.04 Å². The lowest BCUT2D eigenvalue weighted by atomic mass is 9.81. The summed E-state index contributed by atoms with van der Waals surface area (Å²) in [5.74, 6) is -2.13. The largest absolute Gasteiger partial charge is 0.480 e. The molecule has 0 radical (unpaired) electrons. The second-order valence-electron chi connectivity index (χ2n) is 4.98. The summed E-state index contributed by atoms with van der Waals surface area (Å²) in [6.45, 7) is 3.44. The van der Waals surface area contributed by atoms with Gasteiger partial charge in [-0.2, -0.15) is 0 Å². The number of imide groups is 1. The van der Waals surface area contributed by atoms with E-state index in [1.54, 1.807) is 0 Å². The van der Waals surface area contributed by atoms with Crippen LogP contribution in [0.25, 0.3) is 0 Å². The van der Waals surface area contributed by atoms with Gasteiger partial charge in [-0.15, -0.1) is 0 Å². The molecule has 0 saturated carbocycles. The molecular weight excluding hydrogens is 226 g/mol. The summed E-state index contributed by atoms with van der Waals surface area (Å²) in [5, 5.41) is 9.00. The van der Waals surface area contributed by atoms with Gasteiger partial charge in [0.25, 0.3) is 0 Å². The lowest BCUT2D eigenvalue weighted by molar-refractivity contribution is -0.165. The molecule has 6 nitrogen and oxygen atoms in total. The van der Waals surface area contributed by atoms with E-state index in [-0.39, 0.29) is 19.4 Å². The summed E-state index contributed by atoms with van der Waals surface area (Å²) in [5.41, 5.74) is -0.402. The smallest absolute Gasteiger partial charge is 0.329 e. The number of methoxy groups -OCH3 is 1. The van der Waals surface area contributed by atoms with E-state index in [4.69, 9.17) is 9.84 Å². The number of hydrogen-bond donors (Lipinski definition) is 1. The number of nitrogens with zero attached hydrogens (tertiary/aromatic N) is 1. The fourth-order valence-electron chi connectivity index (χ4n) is 1.95. The number of piperidine rings is 1. The van der Waals surface area contributed by atoms with Crippen LogP contribution in [0.3, 0.4) is 0 Å². The van der Waals surface area contributed by atoms with Crippen molar-refractivity contribution in [3.63, 3.8) is 0 Å². The van der Waals surface area contributed by atoms with E-state index < -0.39 is 29.2 Å². The number of carbonyl (C=O) groups excluding carboxylic acids is 2. The third-order valence-electron chi connectivity index (χ3n) is 2.72. The maximum atomic E-state index is 11.8. The molecule has 0 aromatic heterocycles. The van der Waals surface area contributed by atoms with Crippen LogP contribution in [0.1, 0.15) is 26.7 Å². The molecule has 1 saturated heterocycles. The summed E-state index contributed by atoms with van der Waals surface area (Å²) in [6, 6.07) is -1.23. The Morgan fingerprint density at radius 1 is 1.41 bits per heavy atom. The van der Waals surface area contributed by atoms with Crippen molar-refractivity contribution in [2.24, 2.45) is 5.41 Å². The summed E-state index contributed by atoms with van der Waals surface area (Å²) in [6.07, 6.45) is 0.346. The van der Waals surface area contributed by atoms with Crippen molar-refractivity contribution in [1.82, 2.24) is 4.90 Å². The molecule has 1 aliphatic rings.